The van der Waals surface area contributed by atoms with Crippen LogP contribution in [0.2, 0.25) is 0 Å². The Morgan fingerprint density at radius 3 is 2.54 bits per heavy atom. The number of nitrogens with zero attached hydrogens (tertiary/aromatic N) is 4. The molecule has 7 nitrogen and oxygen atoms in total. The lowest BCUT2D eigenvalue weighted by Gasteiger charge is -2.32. The highest BCUT2D eigenvalue weighted by Crippen LogP contribution is 2.24. The molecule has 1 aliphatic heterocycles. The average Bonchev–Trinajstić information content (AvgIpc) is 3.21. The molecule has 2 heterocycles. The lowest BCUT2D eigenvalue weighted by atomic mass is 10.1. The van der Waals surface area contributed by atoms with Gasteiger partial charge in [-0.2, -0.15) is 0 Å². The highest BCUT2D eigenvalue weighted by atomic mass is 32.2. The summed E-state index contributed by atoms with van der Waals surface area (Å²) in [7, 11) is 0. The van der Waals surface area contributed by atoms with E-state index in [1.165, 1.54) is 24.1 Å². The van der Waals surface area contributed by atoms with Gasteiger partial charge in [-0.1, -0.05) is 24.3 Å². The molecule has 2 aromatic carbocycles. The summed E-state index contributed by atoms with van der Waals surface area (Å²) in [6.45, 7) is 9.05. The number of carbonyl (C=O) groups is 1. The van der Waals surface area contributed by atoms with Crippen molar-refractivity contribution in [2.45, 2.75) is 39.3 Å². The van der Waals surface area contributed by atoms with Crippen LogP contribution >= 0.6 is 11.9 Å². The van der Waals surface area contributed by atoms with Gasteiger partial charge in [-0.15, -0.1) is 0 Å². The number of imidazole rings is 1. The third-order valence-electron chi connectivity index (χ3n) is 6.55. The van der Waals surface area contributed by atoms with E-state index in [-0.39, 0.29) is 11.8 Å². The zero-order valence-electron chi connectivity index (χ0n) is 20.5. The summed E-state index contributed by atoms with van der Waals surface area (Å²) in [5, 5.41) is 3.68. The van der Waals surface area contributed by atoms with E-state index in [4.69, 9.17) is 4.98 Å². The Bertz CT molecular complexity index is 1090. The molecule has 0 radical (unpaired) electrons. The first-order valence-corrected chi connectivity index (χ1v) is 13.4. The van der Waals surface area contributed by atoms with E-state index in [0.29, 0.717) is 12.6 Å². The number of fused-ring (bicyclic) bond motifs is 1. The second-order valence-electron chi connectivity index (χ2n) is 8.82. The van der Waals surface area contributed by atoms with Crippen molar-refractivity contribution in [3.05, 3.63) is 59.9 Å². The number of anilines is 1. The molecule has 3 aromatic rings. The first-order valence-electron chi connectivity index (χ1n) is 12.4. The number of para-hydroxylation sites is 2. The number of urea groups is 1. The van der Waals surface area contributed by atoms with Gasteiger partial charge in [0.05, 0.1) is 17.6 Å². The third kappa shape index (κ3) is 6.67. The fourth-order valence-corrected chi connectivity index (χ4v) is 5.17. The van der Waals surface area contributed by atoms with Crippen LogP contribution in [0.25, 0.3) is 11.0 Å². The maximum absolute atomic E-state index is 13.4. The van der Waals surface area contributed by atoms with Crippen molar-refractivity contribution in [1.82, 2.24) is 24.1 Å². The first-order chi connectivity index (χ1) is 17.1. The molecule has 1 fully saturated rings. The van der Waals surface area contributed by atoms with Crippen LogP contribution in [-0.4, -0.2) is 69.9 Å². The van der Waals surface area contributed by atoms with Gasteiger partial charge in [0.1, 0.15) is 5.82 Å². The molecule has 188 valence electrons. The fourth-order valence-electron chi connectivity index (χ4n) is 4.46. The SMILES string of the molecule is CCN(CC)C(=O)NSCCN1CCC(Nc2nc3ccccc3n2Cc2ccc(F)cc2)CC1. The zero-order valence-corrected chi connectivity index (χ0v) is 21.4. The monoisotopic (exact) mass is 498 g/mol. The molecule has 4 rings (SSSR count). The molecule has 9 heteroatoms. The first kappa shape index (κ1) is 25.3. The van der Waals surface area contributed by atoms with E-state index in [0.717, 1.165) is 73.9 Å². The number of halogens is 1. The van der Waals surface area contributed by atoms with Crippen LogP contribution in [0.3, 0.4) is 0 Å². The van der Waals surface area contributed by atoms with E-state index in [1.54, 1.807) is 4.90 Å². The Morgan fingerprint density at radius 1 is 1.11 bits per heavy atom. The Labute approximate surface area is 211 Å². The number of aromatic nitrogens is 2. The second kappa shape index (κ2) is 12.3. The van der Waals surface area contributed by atoms with Crippen molar-refractivity contribution in [2.75, 3.05) is 43.8 Å². The molecule has 35 heavy (non-hydrogen) atoms. The molecule has 1 aliphatic rings. The number of likely N-dealkylation sites (tertiary alicyclic amines) is 1. The molecule has 0 saturated carbocycles. The number of amides is 2. The summed E-state index contributed by atoms with van der Waals surface area (Å²) in [4.78, 5) is 21.1. The van der Waals surface area contributed by atoms with Crippen LogP contribution in [0.4, 0.5) is 15.1 Å². The van der Waals surface area contributed by atoms with Gasteiger partial charge in [-0.3, -0.25) is 4.72 Å². The van der Waals surface area contributed by atoms with Crippen LogP contribution < -0.4 is 10.0 Å². The molecule has 0 bridgehead atoms. The number of carbonyl (C=O) groups excluding carboxylic acids is 1. The molecular formula is C26H35FN6OS. The predicted octanol–water partition coefficient (Wildman–Crippen LogP) is 4.80. The van der Waals surface area contributed by atoms with Gasteiger partial charge in [0.2, 0.25) is 5.95 Å². The number of nitrogens with one attached hydrogen (secondary N) is 2. The largest absolute Gasteiger partial charge is 0.353 e. The third-order valence-corrected chi connectivity index (χ3v) is 7.25. The van der Waals surface area contributed by atoms with Crippen LogP contribution in [0.5, 0.6) is 0 Å². The molecular weight excluding hydrogens is 463 g/mol. The Kier molecular flexibility index (Phi) is 8.87. The standard InChI is InChI=1S/C26H35FN6OS/c1-3-32(4-2)26(34)30-35-18-17-31-15-13-22(14-16-31)28-25-29-23-7-5-6-8-24(23)33(25)19-20-9-11-21(27)12-10-20/h5-12,22H,3-4,13-19H2,1-2H3,(H,28,29)(H,30,34). The number of rotatable bonds is 10. The number of piperidine rings is 1. The zero-order chi connectivity index (χ0) is 24.6. The van der Waals surface area contributed by atoms with Gasteiger partial charge in [0.25, 0.3) is 0 Å². The minimum Gasteiger partial charge on any atom is -0.353 e. The van der Waals surface area contributed by atoms with Gasteiger partial charge in [0, 0.05) is 44.5 Å². The van der Waals surface area contributed by atoms with Gasteiger partial charge < -0.3 is 19.7 Å². The molecule has 0 spiro atoms. The summed E-state index contributed by atoms with van der Waals surface area (Å²) in [5.74, 6) is 1.51. The number of hydrogen-bond acceptors (Lipinski definition) is 5. The highest BCUT2D eigenvalue weighted by Gasteiger charge is 2.21. The van der Waals surface area contributed by atoms with Crippen LogP contribution in [0.15, 0.2) is 48.5 Å². The molecule has 0 unspecified atom stereocenters. The summed E-state index contributed by atoms with van der Waals surface area (Å²) in [5.41, 5.74) is 3.07. The van der Waals surface area contributed by atoms with Crippen molar-refractivity contribution < 1.29 is 9.18 Å². The van der Waals surface area contributed by atoms with E-state index in [2.05, 4.69) is 25.6 Å². The lowest BCUT2D eigenvalue weighted by Crippen LogP contribution is -2.41. The van der Waals surface area contributed by atoms with Crippen LogP contribution in [0, 0.1) is 5.82 Å². The Balaban J connectivity index is 1.30. The maximum atomic E-state index is 13.4. The van der Waals surface area contributed by atoms with Gasteiger partial charge >= 0.3 is 6.03 Å². The molecule has 2 N–H and O–H groups in total. The second-order valence-corrected chi connectivity index (χ2v) is 9.73. The van der Waals surface area contributed by atoms with E-state index < -0.39 is 0 Å². The molecule has 1 saturated heterocycles. The lowest BCUT2D eigenvalue weighted by molar-refractivity contribution is 0.210. The summed E-state index contributed by atoms with van der Waals surface area (Å²) >= 11 is 1.49. The van der Waals surface area contributed by atoms with Crippen LogP contribution in [0.1, 0.15) is 32.3 Å². The average molecular weight is 499 g/mol. The van der Waals surface area contributed by atoms with Crippen molar-refractivity contribution >= 4 is 35.0 Å². The van der Waals surface area contributed by atoms with Crippen LogP contribution in [-0.2, 0) is 6.54 Å². The normalized spacial score (nSPS) is 14.8. The van der Waals surface area contributed by atoms with E-state index in [9.17, 15) is 9.18 Å². The quantitative estimate of drug-likeness (QED) is 0.311. The molecule has 0 atom stereocenters. The van der Waals surface area contributed by atoms with Crippen molar-refractivity contribution in [3.63, 3.8) is 0 Å². The Hall–Kier alpha value is -2.78. The number of hydrogen-bond donors (Lipinski definition) is 2. The van der Waals surface area contributed by atoms with Crippen molar-refractivity contribution in [2.24, 2.45) is 0 Å². The fraction of sp³-hybridized carbons (Fsp3) is 0.462. The summed E-state index contributed by atoms with van der Waals surface area (Å²) in [6, 6.07) is 15.1. The smallest absolute Gasteiger partial charge is 0.327 e. The topological polar surface area (TPSA) is 65.4 Å². The van der Waals surface area contributed by atoms with E-state index in [1.807, 2.05) is 44.2 Å². The summed E-state index contributed by atoms with van der Waals surface area (Å²) in [6.07, 6.45) is 2.08. The molecule has 2 amide bonds. The van der Waals surface area contributed by atoms with E-state index >= 15 is 0 Å². The van der Waals surface area contributed by atoms with Gasteiger partial charge in [0.15, 0.2) is 0 Å². The van der Waals surface area contributed by atoms with Crippen molar-refractivity contribution in [1.29, 1.82) is 0 Å². The maximum Gasteiger partial charge on any atom is 0.327 e. The van der Waals surface area contributed by atoms with Gasteiger partial charge in [-0.05, 0) is 68.5 Å². The van der Waals surface area contributed by atoms with Crippen molar-refractivity contribution in [3.8, 4) is 0 Å². The molecule has 1 aromatic heterocycles. The minimum absolute atomic E-state index is 0.00793. The summed E-state index contributed by atoms with van der Waals surface area (Å²) < 4.78 is 18.5. The molecule has 0 aliphatic carbocycles. The Morgan fingerprint density at radius 2 is 1.83 bits per heavy atom. The van der Waals surface area contributed by atoms with Gasteiger partial charge in [-0.25, -0.2) is 14.2 Å². The highest BCUT2D eigenvalue weighted by molar-refractivity contribution is 7.97. The predicted molar refractivity (Wildman–Crippen MR) is 142 cm³/mol. The minimum atomic E-state index is -0.223. The number of benzene rings is 2.